The van der Waals surface area contributed by atoms with Crippen LogP contribution in [0.25, 0.3) is 22.8 Å². The summed E-state index contributed by atoms with van der Waals surface area (Å²) >= 11 is 5.07. The molecule has 0 saturated heterocycles. The van der Waals surface area contributed by atoms with Crippen molar-refractivity contribution in [1.82, 2.24) is 29.9 Å². The Morgan fingerprint density at radius 3 is 2.75 bits per heavy atom. The third kappa shape index (κ3) is 3.47. The first-order chi connectivity index (χ1) is 13.8. The minimum atomic E-state index is 0.450. The molecule has 4 aromatic rings. The van der Waals surface area contributed by atoms with E-state index in [9.17, 15) is 0 Å². The van der Waals surface area contributed by atoms with Crippen LogP contribution >= 0.6 is 27.7 Å². The topological polar surface area (TPSA) is 82.5 Å². The molecular weight excluding hydrogens is 440 g/mol. The number of rotatable bonds is 6. The van der Waals surface area contributed by atoms with Crippen LogP contribution in [-0.4, -0.2) is 29.9 Å². The number of nitrogens with zero attached hydrogens (tertiary/aromatic N) is 6. The van der Waals surface area contributed by atoms with Crippen molar-refractivity contribution in [2.75, 3.05) is 0 Å². The number of aromatic nitrogens is 6. The Bertz CT molecular complexity index is 1110. The Balaban J connectivity index is 1.37. The lowest BCUT2D eigenvalue weighted by Crippen LogP contribution is -2.00. The lowest BCUT2D eigenvalue weighted by molar-refractivity contribution is 0.527. The molecule has 0 atom stereocenters. The number of hydrogen-bond acceptors (Lipinski definition) is 7. The van der Waals surface area contributed by atoms with E-state index in [1.54, 1.807) is 18.0 Å². The fraction of sp³-hybridized carbons (Fsp3) is 0.211. The highest BCUT2D eigenvalue weighted by atomic mass is 79.9. The largest absolute Gasteiger partial charge is 0.420 e. The smallest absolute Gasteiger partial charge is 0.248 e. The maximum atomic E-state index is 5.84. The first kappa shape index (κ1) is 17.6. The molecule has 0 bridgehead atoms. The summed E-state index contributed by atoms with van der Waals surface area (Å²) in [4.78, 5) is 4.20. The van der Waals surface area contributed by atoms with Gasteiger partial charge in [-0.2, -0.15) is 0 Å². The molecule has 0 unspecified atom stereocenters. The molecule has 0 spiro atoms. The molecule has 5 rings (SSSR count). The zero-order valence-electron chi connectivity index (χ0n) is 14.7. The molecule has 3 aromatic heterocycles. The summed E-state index contributed by atoms with van der Waals surface area (Å²) in [6.45, 7) is 0. The van der Waals surface area contributed by atoms with Gasteiger partial charge in [-0.25, -0.2) is 0 Å². The molecule has 1 aliphatic carbocycles. The summed E-state index contributed by atoms with van der Waals surface area (Å²) in [5.41, 5.74) is 1.86. The summed E-state index contributed by atoms with van der Waals surface area (Å²) < 4.78 is 8.96. The lowest BCUT2D eigenvalue weighted by atomic mass is 10.2. The van der Waals surface area contributed by atoms with Gasteiger partial charge in [0.1, 0.15) is 0 Å². The van der Waals surface area contributed by atoms with E-state index in [2.05, 4.69) is 45.9 Å². The Hall–Kier alpha value is -2.52. The standard InChI is InChI=1S/C19H15BrN6OS/c20-15-6-2-1-5-14(15)18-24-22-16(27-18)11-28-19-25-23-17(26(19)13-7-8-13)12-4-3-9-21-10-12/h1-6,9-10,13H,7-8,11H2. The molecule has 0 aliphatic heterocycles. The monoisotopic (exact) mass is 454 g/mol. The molecule has 1 aliphatic rings. The van der Waals surface area contributed by atoms with Crippen LogP contribution in [0.3, 0.4) is 0 Å². The Labute approximate surface area is 173 Å². The minimum absolute atomic E-state index is 0.450. The van der Waals surface area contributed by atoms with E-state index >= 15 is 0 Å². The molecule has 1 aromatic carbocycles. The quantitative estimate of drug-likeness (QED) is 0.387. The molecule has 1 saturated carbocycles. The van der Waals surface area contributed by atoms with E-state index in [-0.39, 0.29) is 0 Å². The van der Waals surface area contributed by atoms with E-state index in [0.717, 1.165) is 39.4 Å². The van der Waals surface area contributed by atoms with Crippen LogP contribution in [0.15, 0.2) is 62.8 Å². The number of hydrogen-bond donors (Lipinski definition) is 0. The van der Waals surface area contributed by atoms with Gasteiger partial charge in [0.05, 0.1) is 11.3 Å². The second-order valence-electron chi connectivity index (χ2n) is 6.42. The van der Waals surface area contributed by atoms with Gasteiger partial charge in [-0.15, -0.1) is 20.4 Å². The molecule has 9 heteroatoms. The molecule has 0 N–H and O–H groups in total. The summed E-state index contributed by atoms with van der Waals surface area (Å²) in [6.07, 6.45) is 5.87. The van der Waals surface area contributed by atoms with Gasteiger partial charge >= 0.3 is 0 Å². The highest BCUT2D eigenvalue weighted by Crippen LogP contribution is 2.41. The van der Waals surface area contributed by atoms with Crippen LogP contribution in [0, 0.1) is 0 Å². The van der Waals surface area contributed by atoms with Gasteiger partial charge in [0.25, 0.3) is 0 Å². The maximum Gasteiger partial charge on any atom is 0.248 e. The van der Waals surface area contributed by atoms with E-state index in [1.807, 2.05) is 42.6 Å². The number of benzene rings is 1. The minimum Gasteiger partial charge on any atom is -0.420 e. The van der Waals surface area contributed by atoms with Crippen LogP contribution in [0.5, 0.6) is 0 Å². The van der Waals surface area contributed by atoms with Crippen molar-refractivity contribution < 1.29 is 4.42 Å². The van der Waals surface area contributed by atoms with Crippen molar-refractivity contribution in [3.05, 3.63) is 59.2 Å². The van der Waals surface area contributed by atoms with Crippen molar-refractivity contribution in [3.8, 4) is 22.8 Å². The molecule has 3 heterocycles. The van der Waals surface area contributed by atoms with E-state index in [4.69, 9.17) is 4.42 Å². The fourth-order valence-electron chi connectivity index (χ4n) is 2.91. The van der Waals surface area contributed by atoms with Gasteiger partial charge in [0, 0.05) is 28.5 Å². The molecule has 1 fully saturated rings. The molecule has 0 amide bonds. The van der Waals surface area contributed by atoms with Gasteiger partial charge in [-0.05, 0) is 53.0 Å². The summed E-state index contributed by atoms with van der Waals surface area (Å²) in [5, 5.41) is 18.0. The molecular formula is C19H15BrN6OS. The third-order valence-corrected chi connectivity index (χ3v) is 6.01. The van der Waals surface area contributed by atoms with Crippen LogP contribution in [0.4, 0.5) is 0 Å². The highest BCUT2D eigenvalue weighted by molar-refractivity contribution is 9.10. The van der Waals surface area contributed by atoms with Gasteiger partial charge in [-0.1, -0.05) is 23.9 Å². The zero-order chi connectivity index (χ0) is 18.9. The van der Waals surface area contributed by atoms with E-state index in [1.165, 1.54) is 0 Å². The molecule has 28 heavy (non-hydrogen) atoms. The number of halogens is 1. The first-order valence-electron chi connectivity index (χ1n) is 8.85. The SMILES string of the molecule is Brc1ccccc1-c1nnc(CSc2nnc(-c3cccnc3)n2C2CC2)o1. The fourth-order valence-corrected chi connectivity index (χ4v) is 4.21. The predicted octanol–water partition coefficient (Wildman–Crippen LogP) is 4.78. The van der Waals surface area contributed by atoms with Crippen molar-refractivity contribution in [1.29, 1.82) is 0 Å². The van der Waals surface area contributed by atoms with Gasteiger partial charge < -0.3 is 4.42 Å². The van der Waals surface area contributed by atoms with Gasteiger partial charge in [0.15, 0.2) is 11.0 Å². The molecule has 0 radical (unpaired) electrons. The predicted molar refractivity (Wildman–Crippen MR) is 109 cm³/mol. The van der Waals surface area contributed by atoms with Crippen molar-refractivity contribution >= 4 is 27.7 Å². The van der Waals surface area contributed by atoms with Crippen LogP contribution in [-0.2, 0) is 5.75 Å². The maximum absolute atomic E-state index is 5.84. The molecule has 7 nitrogen and oxygen atoms in total. The second-order valence-corrected chi connectivity index (χ2v) is 8.22. The zero-order valence-corrected chi connectivity index (χ0v) is 17.1. The average Bonchev–Trinajstić information content (AvgIpc) is 3.30. The van der Waals surface area contributed by atoms with Gasteiger partial charge in [-0.3, -0.25) is 9.55 Å². The van der Waals surface area contributed by atoms with E-state index in [0.29, 0.717) is 23.6 Å². The second kappa shape index (κ2) is 7.48. The Kier molecular flexibility index (Phi) is 4.69. The first-order valence-corrected chi connectivity index (χ1v) is 10.6. The average molecular weight is 455 g/mol. The van der Waals surface area contributed by atoms with Crippen molar-refractivity contribution in [2.24, 2.45) is 0 Å². The highest BCUT2D eigenvalue weighted by Gasteiger charge is 2.30. The number of thioether (sulfide) groups is 1. The summed E-state index contributed by atoms with van der Waals surface area (Å²) in [7, 11) is 0. The van der Waals surface area contributed by atoms with Crippen LogP contribution in [0.1, 0.15) is 24.8 Å². The lowest BCUT2D eigenvalue weighted by Gasteiger charge is -2.07. The van der Waals surface area contributed by atoms with Crippen molar-refractivity contribution in [2.45, 2.75) is 29.8 Å². The Morgan fingerprint density at radius 2 is 1.96 bits per heavy atom. The normalized spacial score (nSPS) is 13.8. The molecule has 140 valence electrons. The van der Waals surface area contributed by atoms with Crippen LogP contribution < -0.4 is 0 Å². The third-order valence-electron chi connectivity index (χ3n) is 4.39. The summed E-state index contributed by atoms with van der Waals surface area (Å²) in [5.74, 6) is 2.46. The van der Waals surface area contributed by atoms with Gasteiger partial charge in [0.2, 0.25) is 11.8 Å². The summed E-state index contributed by atoms with van der Waals surface area (Å²) in [6, 6.07) is 12.2. The van der Waals surface area contributed by atoms with Crippen molar-refractivity contribution in [3.63, 3.8) is 0 Å². The van der Waals surface area contributed by atoms with Crippen LogP contribution in [0.2, 0.25) is 0 Å². The number of pyridine rings is 1. The van der Waals surface area contributed by atoms with E-state index < -0.39 is 0 Å². The Morgan fingerprint density at radius 1 is 1.07 bits per heavy atom.